The standard InChI is InChI=1S/C13H23N5O2/c1-5-10(4)8-17(7-3)13-11(18(19)20)12(14-6-2)15-9-16-13/h9-10H,5-8H2,1-4H3,(H,14,15,16). The lowest BCUT2D eigenvalue weighted by Gasteiger charge is -2.24. The van der Waals surface area contributed by atoms with Gasteiger partial charge >= 0.3 is 5.69 Å². The van der Waals surface area contributed by atoms with E-state index in [1.165, 1.54) is 6.33 Å². The molecule has 1 aromatic rings. The molecule has 1 atom stereocenters. The second-order valence-electron chi connectivity index (χ2n) is 4.73. The summed E-state index contributed by atoms with van der Waals surface area (Å²) in [6.07, 6.45) is 2.40. The van der Waals surface area contributed by atoms with Crippen LogP contribution in [0.25, 0.3) is 0 Å². The van der Waals surface area contributed by atoms with Crippen molar-refractivity contribution in [1.82, 2.24) is 9.97 Å². The summed E-state index contributed by atoms with van der Waals surface area (Å²) in [5, 5.41) is 14.3. The maximum Gasteiger partial charge on any atom is 0.353 e. The molecule has 7 heteroatoms. The van der Waals surface area contributed by atoms with E-state index in [2.05, 4.69) is 29.1 Å². The Balaban J connectivity index is 3.20. The van der Waals surface area contributed by atoms with E-state index in [0.29, 0.717) is 24.8 Å². The summed E-state index contributed by atoms with van der Waals surface area (Å²) >= 11 is 0. The Bertz CT molecular complexity index is 452. The van der Waals surface area contributed by atoms with Crippen LogP contribution >= 0.6 is 0 Å². The molecule has 0 aliphatic carbocycles. The molecular formula is C13H23N5O2. The van der Waals surface area contributed by atoms with Crippen molar-refractivity contribution in [3.05, 3.63) is 16.4 Å². The van der Waals surface area contributed by atoms with Crippen LogP contribution in [0, 0.1) is 16.0 Å². The predicted octanol–water partition coefficient (Wildman–Crippen LogP) is 2.69. The van der Waals surface area contributed by atoms with Crippen molar-refractivity contribution in [1.29, 1.82) is 0 Å². The molecule has 0 fully saturated rings. The molecule has 0 saturated carbocycles. The van der Waals surface area contributed by atoms with Crippen LogP contribution in [0.1, 0.15) is 34.1 Å². The number of anilines is 2. The summed E-state index contributed by atoms with van der Waals surface area (Å²) < 4.78 is 0. The monoisotopic (exact) mass is 281 g/mol. The van der Waals surface area contributed by atoms with Crippen LogP contribution in [0.2, 0.25) is 0 Å². The van der Waals surface area contributed by atoms with Crippen molar-refractivity contribution in [3.8, 4) is 0 Å². The van der Waals surface area contributed by atoms with Gasteiger partial charge in [-0.15, -0.1) is 0 Å². The Labute approximate surface area is 119 Å². The highest BCUT2D eigenvalue weighted by atomic mass is 16.6. The Kier molecular flexibility index (Phi) is 6.14. The molecule has 1 rings (SSSR count). The summed E-state index contributed by atoms with van der Waals surface area (Å²) in [5.74, 6) is 1.13. The molecule has 0 aliphatic heterocycles. The lowest BCUT2D eigenvalue weighted by molar-refractivity contribution is -0.383. The maximum absolute atomic E-state index is 11.4. The van der Waals surface area contributed by atoms with Gasteiger partial charge in [-0.3, -0.25) is 10.1 Å². The number of nitrogens with zero attached hydrogens (tertiary/aromatic N) is 4. The zero-order valence-corrected chi connectivity index (χ0v) is 12.6. The highest BCUT2D eigenvalue weighted by Gasteiger charge is 2.26. The molecule has 1 heterocycles. The fourth-order valence-electron chi connectivity index (χ4n) is 1.94. The van der Waals surface area contributed by atoms with Crippen LogP contribution in [-0.4, -0.2) is 34.5 Å². The van der Waals surface area contributed by atoms with E-state index in [9.17, 15) is 10.1 Å². The molecule has 0 spiro atoms. The smallest absolute Gasteiger partial charge is 0.353 e. The Hall–Kier alpha value is -1.92. The van der Waals surface area contributed by atoms with Crippen LogP contribution in [0.5, 0.6) is 0 Å². The van der Waals surface area contributed by atoms with Crippen LogP contribution in [0.4, 0.5) is 17.3 Å². The summed E-state index contributed by atoms with van der Waals surface area (Å²) in [6, 6.07) is 0. The van der Waals surface area contributed by atoms with Crippen molar-refractivity contribution >= 4 is 17.3 Å². The van der Waals surface area contributed by atoms with Gasteiger partial charge in [0, 0.05) is 19.6 Å². The van der Waals surface area contributed by atoms with Crippen molar-refractivity contribution in [2.24, 2.45) is 5.92 Å². The van der Waals surface area contributed by atoms with E-state index in [0.717, 1.165) is 13.0 Å². The minimum absolute atomic E-state index is 0.0421. The zero-order chi connectivity index (χ0) is 15.1. The fourth-order valence-corrected chi connectivity index (χ4v) is 1.94. The largest absolute Gasteiger partial charge is 0.364 e. The number of aromatic nitrogens is 2. The molecule has 0 aromatic carbocycles. The lowest BCUT2D eigenvalue weighted by Crippen LogP contribution is -2.30. The first-order chi connectivity index (χ1) is 9.54. The maximum atomic E-state index is 11.4. The van der Waals surface area contributed by atoms with Crippen molar-refractivity contribution in [2.45, 2.75) is 34.1 Å². The number of hydrogen-bond donors (Lipinski definition) is 1. The molecule has 1 unspecified atom stereocenters. The van der Waals surface area contributed by atoms with E-state index in [-0.39, 0.29) is 11.5 Å². The number of hydrogen-bond acceptors (Lipinski definition) is 6. The molecule has 112 valence electrons. The highest BCUT2D eigenvalue weighted by Crippen LogP contribution is 2.32. The SMILES string of the molecule is CCNc1ncnc(N(CC)CC(C)CC)c1[N+](=O)[O-]. The first-order valence-electron chi connectivity index (χ1n) is 7.03. The van der Waals surface area contributed by atoms with Gasteiger partial charge in [0.25, 0.3) is 0 Å². The number of nitro groups is 1. The van der Waals surface area contributed by atoms with E-state index in [1.807, 2.05) is 18.7 Å². The van der Waals surface area contributed by atoms with E-state index in [4.69, 9.17) is 0 Å². The van der Waals surface area contributed by atoms with Crippen LogP contribution in [0.15, 0.2) is 6.33 Å². The van der Waals surface area contributed by atoms with Crippen molar-refractivity contribution < 1.29 is 4.92 Å². The predicted molar refractivity (Wildman–Crippen MR) is 80.2 cm³/mol. The molecule has 0 aliphatic rings. The minimum atomic E-state index is -0.410. The van der Waals surface area contributed by atoms with Gasteiger partial charge in [0.15, 0.2) is 0 Å². The molecule has 0 radical (unpaired) electrons. The van der Waals surface area contributed by atoms with E-state index < -0.39 is 4.92 Å². The van der Waals surface area contributed by atoms with Gasteiger partial charge in [0.1, 0.15) is 6.33 Å². The molecule has 0 amide bonds. The van der Waals surface area contributed by atoms with Gasteiger partial charge < -0.3 is 10.2 Å². The average Bonchev–Trinajstić information content (AvgIpc) is 2.44. The first kappa shape index (κ1) is 16.1. The van der Waals surface area contributed by atoms with Gasteiger partial charge in [0.2, 0.25) is 11.6 Å². The van der Waals surface area contributed by atoms with Crippen molar-refractivity contribution in [2.75, 3.05) is 29.9 Å². The van der Waals surface area contributed by atoms with Gasteiger partial charge in [-0.1, -0.05) is 20.3 Å². The zero-order valence-electron chi connectivity index (χ0n) is 12.6. The molecule has 1 aromatic heterocycles. The topological polar surface area (TPSA) is 84.2 Å². The molecule has 1 N–H and O–H groups in total. The van der Waals surface area contributed by atoms with Crippen LogP contribution in [-0.2, 0) is 0 Å². The second-order valence-corrected chi connectivity index (χ2v) is 4.73. The van der Waals surface area contributed by atoms with Crippen molar-refractivity contribution in [3.63, 3.8) is 0 Å². The average molecular weight is 281 g/mol. The first-order valence-corrected chi connectivity index (χ1v) is 7.03. The summed E-state index contributed by atoms with van der Waals surface area (Å²) in [4.78, 5) is 21.0. The van der Waals surface area contributed by atoms with Gasteiger partial charge in [-0.2, -0.15) is 0 Å². The third-order valence-electron chi connectivity index (χ3n) is 3.24. The minimum Gasteiger partial charge on any atom is -0.364 e. The molecule has 20 heavy (non-hydrogen) atoms. The summed E-state index contributed by atoms with van der Waals surface area (Å²) in [5.41, 5.74) is -0.0421. The normalized spacial score (nSPS) is 12.0. The highest BCUT2D eigenvalue weighted by molar-refractivity contribution is 5.70. The lowest BCUT2D eigenvalue weighted by atomic mass is 10.1. The van der Waals surface area contributed by atoms with Crippen LogP contribution in [0.3, 0.4) is 0 Å². The quantitative estimate of drug-likeness (QED) is 0.582. The Morgan fingerprint density at radius 3 is 2.60 bits per heavy atom. The van der Waals surface area contributed by atoms with E-state index >= 15 is 0 Å². The number of rotatable bonds is 8. The van der Waals surface area contributed by atoms with E-state index in [1.54, 1.807) is 0 Å². The van der Waals surface area contributed by atoms with Gasteiger partial charge in [0.05, 0.1) is 4.92 Å². The Morgan fingerprint density at radius 2 is 2.10 bits per heavy atom. The summed E-state index contributed by atoms with van der Waals surface area (Å²) in [6.45, 7) is 10.1. The summed E-state index contributed by atoms with van der Waals surface area (Å²) in [7, 11) is 0. The van der Waals surface area contributed by atoms with Gasteiger partial charge in [-0.05, 0) is 19.8 Å². The molecule has 0 bridgehead atoms. The fraction of sp³-hybridized carbons (Fsp3) is 0.692. The number of nitrogens with one attached hydrogen (secondary N) is 1. The molecule has 0 saturated heterocycles. The third kappa shape index (κ3) is 3.79. The van der Waals surface area contributed by atoms with Crippen LogP contribution < -0.4 is 10.2 Å². The Morgan fingerprint density at radius 1 is 1.40 bits per heavy atom. The molecular weight excluding hydrogens is 258 g/mol. The van der Waals surface area contributed by atoms with Gasteiger partial charge in [-0.25, -0.2) is 9.97 Å². The second kappa shape index (κ2) is 7.62. The third-order valence-corrected chi connectivity index (χ3v) is 3.24. The molecule has 7 nitrogen and oxygen atoms in total.